The molecule has 1 aliphatic rings. The monoisotopic (exact) mass is 302 g/mol. The number of ether oxygens (including phenoxy) is 1. The van der Waals surface area contributed by atoms with Gasteiger partial charge < -0.3 is 9.64 Å². The molecular weight excluding hydrogens is 284 g/mol. The Morgan fingerprint density at radius 3 is 2.84 bits per heavy atom. The highest BCUT2D eigenvalue weighted by Crippen LogP contribution is 2.31. The van der Waals surface area contributed by atoms with Crippen LogP contribution in [0.3, 0.4) is 0 Å². The number of halogens is 1. The van der Waals surface area contributed by atoms with Crippen LogP contribution in [0.25, 0.3) is 0 Å². The van der Waals surface area contributed by atoms with Gasteiger partial charge in [-0.15, -0.1) is 0 Å². The molecule has 0 spiro atoms. The van der Waals surface area contributed by atoms with E-state index in [4.69, 9.17) is 16.3 Å². The Morgan fingerprint density at radius 2 is 2.16 bits per heavy atom. The number of nitrogens with zero attached hydrogens (tertiary/aromatic N) is 4. The third-order valence-electron chi connectivity index (χ3n) is 2.72. The molecule has 0 saturated carbocycles. The lowest BCUT2D eigenvalue weighted by molar-refractivity contribution is 0.291. The number of hydrogen-bond acceptors (Lipinski definition) is 6. The van der Waals surface area contributed by atoms with E-state index >= 15 is 0 Å². The standard InChI is InChI=1S/C12H19ClN4OS/c1-4-6-18-11-15-9(13)14-10(16-11)17-5-7-19-12(2,3)8-17/h4-8H2,1-3H3. The lowest BCUT2D eigenvalue weighted by Crippen LogP contribution is -2.44. The van der Waals surface area contributed by atoms with E-state index in [0.29, 0.717) is 18.6 Å². The molecule has 1 fully saturated rings. The van der Waals surface area contributed by atoms with Gasteiger partial charge in [0, 0.05) is 23.6 Å². The van der Waals surface area contributed by atoms with Crippen molar-refractivity contribution in [3.8, 4) is 6.01 Å². The van der Waals surface area contributed by atoms with Gasteiger partial charge in [-0.25, -0.2) is 0 Å². The van der Waals surface area contributed by atoms with Crippen molar-refractivity contribution in [2.75, 3.05) is 30.3 Å². The average molecular weight is 303 g/mol. The molecule has 0 atom stereocenters. The highest BCUT2D eigenvalue weighted by atomic mass is 35.5. The van der Waals surface area contributed by atoms with Crippen LogP contribution in [-0.4, -0.2) is 45.1 Å². The van der Waals surface area contributed by atoms with Crippen molar-refractivity contribution in [3.05, 3.63) is 5.28 Å². The fourth-order valence-corrected chi connectivity index (χ4v) is 3.17. The number of rotatable bonds is 4. The molecule has 0 radical (unpaired) electrons. The fraction of sp³-hybridized carbons (Fsp3) is 0.750. The van der Waals surface area contributed by atoms with E-state index in [1.807, 2.05) is 18.7 Å². The normalized spacial score (nSPS) is 18.4. The molecule has 0 aromatic carbocycles. The minimum atomic E-state index is 0.187. The van der Waals surface area contributed by atoms with Crippen molar-refractivity contribution in [2.45, 2.75) is 31.9 Å². The SMILES string of the molecule is CCCOc1nc(Cl)nc(N2CCSC(C)(C)C2)n1. The molecule has 0 N–H and O–H groups in total. The lowest BCUT2D eigenvalue weighted by Gasteiger charge is -2.37. The summed E-state index contributed by atoms with van der Waals surface area (Å²) >= 11 is 7.91. The maximum atomic E-state index is 5.95. The van der Waals surface area contributed by atoms with Gasteiger partial charge in [0.1, 0.15) is 0 Å². The summed E-state index contributed by atoms with van der Waals surface area (Å²) < 4.78 is 5.64. The highest BCUT2D eigenvalue weighted by molar-refractivity contribution is 8.00. The smallest absolute Gasteiger partial charge is 0.322 e. The van der Waals surface area contributed by atoms with Crippen LogP contribution in [0.5, 0.6) is 6.01 Å². The van der Waals surface area contributed by atoms with Gasteiger partial charge in [0.2, 0.25) is 11.2 Å². The molecule has 1 saturated heterocycles. The van der Waals surface area contributed by atoms with Crippen molar-refractivity contribution in [1.29, 1.82) is 0 Å². The molecule has 2 rings (SSSR count). The summed E-state index contributed by atoms with van der Waals surface area (Å²) in [4.78, 5) is 14.7. The Labute approximate surface area is 123 Å². The van der Waals surface area contributed by atoms with Crippen LogP contribution >= 0.6 is 23.4 Å². The Balaban J connectivity index is 2.16. The zero-order chi connectivity index (χ0) is 13.9. The molecule has 1 aromatic rings. The number of aromatic nitrogens is 3. The second-order valence-corrected chi connectivity index (χ2v) is 7.21. The third kappa shape index (κ3) is 4.11. The summed E-state index contributed by atoms with van der Waals surface area (Å²) in [7, 11) is 0. The van der Waals surface area contributed by atoms with Gasteiger partial charge >= 0.3 is 6.01 Å². The van der Waals surface area contributed by atoms with Crippen LogP contribution in [0.2, 0.25) is 5.28 Å². The number of anilines is 1. The average Bonchev–Trinajstić information content (AvgIpc) is 2.34. The maximum Gasteiger partial charge on any atom is 0.322 e. The molecule has 1 aliphatic heterocycles. The molecule has 1 aromatic heterocycles. The molecule has 5 nitrogen and oxygen atoms in total. The zero-order valence-corrected chi connectivity index (χ0v) is 13.1. The van der Waals surface area contributed by atoms with Gasteiger partial charge in [-0.05, 0) is 31.9 Å². The van der Waals surface area contributed by atoms with E-state index in [2.05, 4.69) is 33.7 Å². The zero-order valence-electron chi connectivity index (χ0n) is 11.5. The second-order valence-electron chi connectivity index (χ2n) is 5.07. The first-order valence-corrected chi connectivity index (χ1v) is 7.80. The van der Waals surface area contributed by atoms with Gasteiger partial charge in [-0.2, -0.15) is 26.7 Å². The summed E-state index contributed by atoms with van der Waals surface area (Å²) in [5.74, 6) is 1.67. The molecule has 2 heterocycles. The van der Waals surface area contributed by atoms with Crippen LogP contribution in [0.1, 0.15) is 27.2 Å². The largest absolute Gasteiger partial charge is 0.463 e. The molecule has 0 amide bonds. The number of thioether (sulfide) groups is 1. The van der Waals surface area contributed by atoms with Crippen molar-refractivity contribution in [2.24, 2.45) is 0 Å². The summed E-state index contributed by atoms with van der Waals surface area (Å²) in [6.07, 6.45) is 0.909. The highest BCUT2D eigenvalue weighted by Gasteiger charge is 2.29. The Hall–Kier alpha value is -0.750. The topological polar surface area (TPSA) is 51.1 Å². The van der Waals surface area contributed by atoms with Crippen molar-refractivity contribution < 1.29 is 4.74 Å². The predicted molar refractivity (Wildman–Crippen MR) is 79.4 cm³/mol. The molecule has 106 valence electrons. The van der Waals surface area contributed by atoms with Crippen LogP contribution in [-0.2, 0) is 0 Å². The first-order valence-electron chi connectivity index (χ1n) is 6.43. The van der Waals surface area contributed by atoms with E-state index < -0.39 is 0 Å². The van der Waals surface area contributed by atoms with Gasteiger partial charge in [0.25, 0.3) is 0 Å². The Bertz CT molecular complexity index is 444. The Kier molecular flexibility index (Phi) is 4.73. The van der Waals surface area contributed by atoms with E-state index in [9.17, 15) is 0 Å². The number of hydrogen-bond donors (Lipinski definition) is 0. The molecular formula is C12H19ClN4OS. The summed E-state index contributed by atoms with van der Waals surface area (Å²) in [6.45, 7) is 8.88. The minimum Gasteiger partial charge on any atom is -0.463 e. The first kappa shape index (κ1) is 14.7. The van der Waals surface area contributed by atoms with E-state index in [0.717, 1.165) is 25.3 Å². The summed E-state index contributed by atoms with van der Waals surface area (Å²) in [5.41, 5.74) is 0. The van der Waals surface area contributed by atoms with Gasteiger partial charge in [-0.3, -0.25) is 0 Å². The first-order chi connectivity index (χ1) is 9.00. The van der Waals surface area contributed by atoms with Crippen molar-refractivity contribution >= 4 is 29.3 Å². The van der Waals surface area contributed by atoms with Crippen LogP contribution in [0, 0.1) is 0 Å². The van der Waals surface area contributed by atoms with Crippen LogP contribution < -0.4 is 9.64 Å². The maximum absolute atomic E-state index is 5.95. The van der Waals surface area contributed by atoms with Crippen LogP contribution in [0.4, 0.5) is 5.95 Å². The fourth-order valence-electron chi connectivity index (χ4n) is 1.91. The van der Waals surface area contributed by atoms with Crippen LogP contribution in [0.15, 0.2) is 0 Å². The molecule has 7 heteroatoms. The van der Waals surface area contributed by atoms with Crippen molar-refractivity contribution in [3.63, 3.8) is 0 Å². The molecule has 0 aliphatic carbocycles. The lowest BCUT2D eigenvalue weighted by atomic mass is 10.2. The summed E-state index contributed by atoms with van der Waals surface area (Å²) in [6, 6.07) is 0.313. The third-order valence-corrected chi connectivity index (χ3v) is 4.19. The van der Waals surface area contributed by atoms with E-state index in [1.165, 1.54) is 0 Å². The second kappa shape index (κ2) is 6.13. The quantitative estimate of drug-likeness (QED) is 0.852. The van der Waals surface area contributed by atoms with Gasteiger partial charge in [-0.1, -0.05) is 6.92 Å². The van der Waals surface area contributed by atoms with E-state index in [1.54, 1.807) is 0 Å². The van der Waals surface area contributed by atoms with Gasteiger partial charge in [0.05, 0.1) is 6.61 Å². The summed E-state index contributed by atoms with van der Waals surface area (Å²) in [5, 5.41) is 0.187. The van der Waals surface area contributed by atoms with E-state index in [-0.39, 0.29) is 10.0 Å². The molecule has 0 bridgehead atoms. The molecule has 0 unspecified atom stereocenters. The predicted octanol–water partition coefficient (Wildman–Crippen LogP) is 2.65. The minimum absolute atomic E-state index is 0.187. The van der Waals surface area contributed by atoms with Crippen molar-refractivity contribution in [1.82, 2.24) is 15.0 Å². The van der Waals surface area contributed by atoms with Gasteiger partial charge in [0.15, 0.2) is 0 Å². The Morgan fingerprint density at radius 1 is 1.37 bits per heavy atom. The molecule has 19 heavy (non-hydrogen) atoms.